The van der Waals surface area contributed by atoms with E-state index in [1.165, 1.54) is 5.56 Å². The zero-order valence-corrected chi connectivity index (χ0v) is 13.5. The smallest absolute Gasteiger partial charge is 0.146 e. The molecule has 0 saturated heterocycles. The van der Waals surface area contributed by atoms with Gasteiger partial charge in [0.25, 0.3) is 0 Å². The van der Waals surface area contributed by atoms with Crippen LogP contribution in [0.3, 0.4) is 0 Å². The molecule has 1 aromatic carbocycles. The summed E-state index contributed by atoms with van der Waals surface area (Å²) < 4.78 is 11.4. The quantitative estimate of drug-likeness (QED) is 0.814. The number of halogens is 1. The monoisotopic (exact) mass is 307 g/mol. The molecule has 1 aromatic heterocycles. The van der Waals surface area contributed by atoms with Crippen molar-refractivity contribution in [2.75, 3.05) is 6.54 Å². The van der Waals surface area contributed by atoms with E-state index in [1.54, 1.807) is 0 Å². The van der Waals surface area contributed by atoms with Crippen molar-refractivity contribution in [3.63, 3.8) is 0 Å². The Hall–Kier alpha value is -1.45. The van der Waals surface area contributed by atoms with Gasteiger partial charge < -0.3 is 14.5 Å². The van der Waals surface area contributed by atoms with Gasteiger partial charge in [-0.2, -0.15) is 0 Å². The number of nitrogens with one attached hydrogen (secondary N) is 1. The Kier molecular flexibility index (Phi) is 5.71. The maximum absolute atomic E-state index is 5.84. The second kappa shape index (κ2) is 7.53. The Morgan fingerprint density at radius 2 is 1.95 bits per heavy atom. The molecule has 0 aliphatic carbocycles. The third-order valence-electron chi connectivity index (χ3n) is 3.13. The van der Waals surface area contributed by atoms with E-state index in [2.05, 4.69) is 25.2 Å². The molecule has 2 rings (SSSR count). The number of furan rings is 1. The van der Waals surface area contributed by atoms with Gasteiger partial charge in [0.05, 0.1) is 0 Å². The summed E-state index contributed by atoms with van der Waals surface area (Å²) in [6.45, 7) is 8.63. The molecule has 3 nitrogen and oxygen atoms in total. The van der Waals surface area contributed by atoms with Crippen LogP contribution in [0.1, 0.15) is 30.9 Å². The molecule has 21 heavy (non-hydrogen) atoms. The van der Waals surface area contributed by atoms with Crippen LogP contribution in [-0.4, -0.2) is 6.54 Å². The van der Waals surface area contributed by atoms with E-state index in [0.717, 1.165) is 30.4 Å². The van der Waals surface area contributed by atoms with Gasteiger partial charge in [0, 0.05) is 17.1 Å². The summed E-state index contributed by atoms with van der Waals surface area (Å²) in [6, 6.07) is 9.38. The highest BCUT2D eigenvalue weighted by Gasteiger charge is 2.08. The van der Waals surface area contributed by atoms with Gasteiger partial charge in [-0.3, -0.25) is 0 Å². The molecular weight excluding hydrogens is 286 g/mol. The highest BCUT2D eigenvalue weighted by atomic mass is 35.5. The largest absolute Gasteiger partial charge is 0.486 e. The van der Waals surface area contributed by atoms with Crippen molar-refractivity contribution in [2.24, 2.45) is 5.92 Å². The molecule has 0 radical (unpaired) electrons. The maximum atomic E-state index is 5.84. The highest BCUT2D eigenvalue weighted by Crippen LogP contribution is 2.19. The standard InChI is InChI=1S/C17H22ClNO2/c1-12(2)9-19-10-14-8-17(21-13(14)3)11-20-16-6-4-15(18)5-7-16/h4-8,12,19H,9-11H2,1-3H3. The van der Waals surface area contributed by atoms with Gasteiger partial charge in [-0.1, -0.05) is 25.4 Å². The Morgan fingerprint density at radius 3 is 2.62 bits per heavy atom. The van der Waals surface area contributed by atoms with E-state index >= 15 is 0 Å². The molecule has 4 heteroatoms. The third-order valence-corrected chi connectivity index (χ3v) is 3.39. The molecular formula is C17H22ClNO2. The van der Waals surface area contributed by atoms with E-state index in [1.807, 2.05) is 31.2 Å². The summed E-state index contributed by atoms with van der Waals surface area (Å²) >= 11 is 5.84. The summed E-state index contributed by atoms with van der Waals surface area (Å²) in [5.41, 5.74) is 1.19. The summed E-state index contributed by atoms with van der Waals surface area (Å²) in [5, 5.41) is 4.12. The fourth-order valence-electron chi connectivity index (χ4n) is 2.02. The second-order valence-corrected chi connectivity index (χ2v) is 6.00. The van der Waals surface area contributed by atoms with Gasteiger partial charge in [0.1, 0.15) is 23.9 Å². The van der Waals surface area contributed by atoms with Crippen molar-refractivity contribution >= 4 is 11.6 Å². The van der Waals surface area contributed by atoms with Crippen LogP contribution in [-0.2, 0) is 13.2 Å². The molecule has 0 atom stereocenters. The van der Waals surface area contributed by atoms with Crippen molar-refractivity contribution in [3.05, 3.63) is 52.4 Å². The van der Waals surface area contributed by atoms with Crippen LogP contribution in [0.2, 0.25) is 5.02 Å². The highest BCUT2D eigenvalue weighted by molar-refractivity contribution is 6.30. The van der Waals surface area contributed by atoms with Gasteiger partial charge in [0.2, 0.25) is 0 Å². The molecule has 0 fully saturated rings. The number of rotatable bonds is 7. The lowest BCUT2D eigenvalue weighted by molar-refractivity contribution is 0.267. The van der Waals surface area contributed by atoms with Crippen molar-refractivity contribution in [1.82, 2.24) is 5.32 Å². The summed E-state index contributed by atoms with van der Waals surface area (Å²) in [7, 11) is 0. The molecule has 2 aromatic rings. The van der Waals surface area contributed by atoms with Gasteiger partial charge >= 0.3 is 0 Å². The first-order chi connectivity index (χ1) is 10.0. The minimum absolute atomic E-state index is 0.423. The second-order valence-electron chi connectivity index (χ2n) is 5.56. The minimum atomic E-state index is 0.423. The van der Waals surface area contributed by atoms with Crippen LogP contribution >= 0.6 is 11.6 Å². The van der Waals surface area contributed by atoms with Crippen molar-refractivity contribution in [3.8, 4) is 5.75 Å². The first kappa shape index (κ1) is 15.9. The molecule has 0 bridgehead atoms. The van der Waals surface area contributed by atoms with E-state index < -0.39 is 0 Å². The topological polar surface area (TPSA) is 34.4 Å². The maximum Gasteiger partial charge on any atom is 0.146 e. The van der Waals surface area contributed by atoms with E-state index in [9.17, 15) is 0 Å². The molecule has 0 aliphatic heterocycles. The fourth-order valence-corrected chi connectivity index (χ4v) is 2.14. The van der Waals surface area contributed by atoms with Crippen LogP contribution in [0, 0.1) is 12.8 Å². The van der Waals surface area contributed by atoms with E-state index in [-0.39, 0.29) is 0 Å². The van der Waals surface area contributed by atoms with Gasteiger partial charge in [-0.05, 0) is 49.7 Å². The lowest BCUT2D eigenvalue weighted by Gasteiger charge is -2.05. The first-order valence-corrected chi connectivity index (χ1v) is 7.59. The summed E-state index contributed by atoms with van der Waals surface area (Å²) in [4.78, 5) is 0. The average Bonchev–Trinajstić information content (AvgIpc) is 2.78. The Balaban J connectivity index is 1.87. The number of ether oxygens (including phenoxy) is 1. The van der Waals surface area contributed by atoms with Crippen molar-refractivity contribution < 1.29 is 9.15 Å². The van der Waals surface area contributed by atoms with Crippen LogP contribution in [0.5, 0.6) is 5.75 Å². The minimum Gasteiger partial charge on any atom is -0.486 e. The Morgan fingerprint density at radius 1 is 1.24 bits per heavy atom. The zero-order valence-electron chi connectivity index (χ0n) is 12.8. The lowest BCUT2D eigenvalue weighted by atomic mass is 10.2. The van der Waals surface area contributed by atoms with Crippen LogP contribution < -0.4 is 10.1 Å². The SMILES string of the molecule is Cc1oc(COc2ccc(Cl)cc2)cc1CNCC(C)C. The zero-order chi connectivity index (χ0) is 15.2. The predicted octanol–water partition coefficient (Wildman–Crippen LogP) is 4.57. The molecule has 0 aliphatic rings. The number of hydrogen-bond acceptors (Lipinski definition) is 3. The molecule has 0 amide bonds. The molecule has 114 valence electrons. The third kappa shape index (κ3) is 5.10. The molecule has 0 unspecified atom stereocenters. The molecule has 0 spiro atoms. The fraction of sp³-hybridized carbons (Fsp3) is 0.412. The van der Waals surface area contributed by atoms with E-state index in [0.29, 0.717) is 17.5 Å². The van der Waals surface area contributed by atoms with E-state index in [4.69, 9.17) is 20.8 Å². The van der Waals surface area contributed by atoms with Gasteiger partial charge in [0.15, 0.2) is 0 Å². The lowest BCUT2D eigenvalue weighted by Crippen LogP contribution is -2.18. The summed E-state index contributed by atoms with van der Waals surface area (Å²) in [5.74, 6) is 3.21. The predicted molar refractivity (Wildman–Crippen MR) is 85.8 cm³/mol. The van der Waals surface area contributed by atoms with Crippen molar-refractivity contribution in [1.29, 1.82) is 0 Å². The number of aryl methyl sites for hydroxylation is 1. The average molecular weight is 308 g/mol. The Bertz CT molecular complexity index is 561. The molecule has 1 heterocycles. The normalized spacial score (nSPS) is 11.1. The van der Waals surface area contributed by atoms with Crippen LogP contribution in [0.4, 0.5) is 0 Å². The number of hydrogen-bond donors (Lipinski definition) is 1. The first-order valence-electron chi connectivity index (χ1n) is 7.22. The van der Waals surface area contributed by atoms with Gasteiger partial charge in [-0.15, -0.1) is 0 Å². The van der Waals surface area contributed by atoms with Crippen LogP contribution in [0.25, 0.3) is 0 Å². The molecule has 1 N–H and O–H groups in total. The van der Waals surface area contributed by atoms with Gasteiger partial charge in [-0.25, -0.2) is 0 Å². The Labute approximate surface area is 131 Å². The number of benzene rings is 1. The van der Waals surface area contributed by atoms with Crippen LogP contribution in [0.15, 0.2) is 34.7 Å². The summed E-state index contributed by atoms with van der Waals surface area (Å²) in [6.07, 6.45) is 0. The van der Waals surface area contributed by atoms with Crippen molar-refractivity contribution in [2.45, 2.75) is 33.9 Å². The molecule has 0 saturated carbocycles.